The molecule has 1 saturated carbocycles. The first-order chi connectivity index (χ1) is 18.2. The van der Waals surface area contributed by atoms with Gasteiger partial charge in [-0.05, 0) is 61.8 Å². The van der Waals surface area contributed by atoms with Gasteiger partial charge in [0.15, 0.2) is 0 Å². The minimum absolute atomic E-state index is 0.0235. The van der Waals surface area contributed by atoms with Crippen LogP contribution in [0.4, 0.5) is 11.8 Å². The van der Waals surface area contributed by atoms with E-state index in [0.29, 0.717) is 35.7 Å². The van der Waals surface area contributed by atoms with Crippen molar-refractivity contribution in [3.05, 3.63) is 78.4 Å². The number of carbonyl (C=O) groups excluding carboxylic acids is 1. The molecule has 6 rings (SSSR count). The average molecular weight is 491 g/mol. The quantitative estimate of drug-likeness (QED) is 0.269. The maximum atomic E-state index is 13.4. The maximum absolute atomic E-state index is 13.4. The van der Waals surface area contributed by atoms with Crippen LogP contribution in [0.5, 0.6) is 0 Å². The summed E-state index contributed by atoms with van der Waals surface area (Å²) in [6.45, 7) is 1.51. The van der Waals surface area contributed by atoms with E-state index in [0.717, 1.165) is 64.9 Å². The van der Waals surface area contributed by atoms with Gasteiger partial charge in [0.05, 0.1) is 22.1 Å². The van der Waals surface area contributed by atoms with Crippen LogP contribution >= 0.6 is 0 Å². The van der Waals surface area contributed by atoms with Gasteiger partial charge in [-0.1, -0.05) is 48.5 Å². The zero-order valence-electron chi connectivity index (χ0n) is 20.7. The van der Waals surface area contributed by atoms with Crippen LogP contribution in [0.3, 0.4) is 0 Å². The van der Waals surface area contributed by atoms with Gasteiger partial charge in [-0.2, -0.15) is 4.98 Å². The SMILES string of the molecule is Nc1nc(NCC2CCC(CNC(=O)c3c4ccccc4nc4ccccc34)CC2)nc2ccccc12. The van der Waals surface area contributed by atoms with E-state index in [-0.39, 0.29) is 5.91 Å². The third-order valence-electron chi connectivity index (χ3n) is 7.51. The van der Waals surface area contributed by atoms with Gasteiger partial charge in [-0.15, -0.1) is 0 Å². The summed E-state index contributed by atoms with van der Waals surface area (Å²) in [5.41, 5.74) is 9.37. The molecule has 3 aromatic carbocycles. The monoisotopic (exact) mass is 490 g/mol. The summed E-state index contributed by atoms with van der Waals surface area (Å²) in [7, 11) is 0. The fourth-order valence-corrected chi connectivity index (χ4v) is 5.47. The first kappa shape index (κ1) is 23.2. The van der Waals surface area contributed by atoms with Crippen molar-refractivity contribution in [2.75, 3.05) is 24.1 Å². The highest BCUT2D eigenvalue weighted by atomic mass is 16.1. The molecule has 1 aliphatic carbocycles. The first-order valence-corrected chi connectivity index (χ1v) is 13.0. The van der Waals surface area contributed by atoms with Gasteiger partial charge in [0.2, 0.25) is 5.95 Å². The summed E-state index contributed by atoms with van der Waals surface area (Å²) >= 11 is 0. The van der Waals surface area contributed by atoms with Gasteiger partial charge in [0.1, 0.15) is 5.82 Å². The minimum Gasteiger partial charge on any atom is -0.383 e. The Morgan fingerprint density at radius 2 is 1.22 bits per heavy atom. The Balaban J connectivity index is 1.06. The average Bonchev–Trinajstić information content (AvgIpc) is 2.94. The van der Waals surface area contributed by atoms with Crippen LogP contribution in [-0.4, -0.2) is 33.9 Å². The van der Waals surface area contributed by atoms with Crippen molar-refractivity contribution < 1.29 is 4.79 Å². The number of nitrogens with two attached hydrogens (primary N) is 1. The van der Waals surface area contributed by atoms with Gasteiger partial charge >= 0.3 is 0 Å². The van der Waals surface area contributed by atoms with Gasteiger partial charge in [-0.25, -0.2) is 9.97 Å². The van der Waals surface area contributed by atoms with Crippen molar-refractivity contribution in [1.82, 2.24) is 20.3 Å². The molecule has 0 unspecified atom stereocenters. The van der Waals surface area contributed by atoms with Crippen LogP contribution in [0.15, 0.2) is 72.8 Å². The Kier molecular flexibility index (Phi) is 6.26. The molecule has 1 fully saturated rings. The maximum Gasteiger partial charge on any atom is 0.252 e. The lowest BCUT2D eigenvalue weighted by molar-refractivity contribution is 0.0945. The second-order valence-electron chi connectivity index (χ2n) is 9.95. The molecular formula is C30H30N6O. The van der Waals surface area contributed by atoms with Crippen LogP contribution in [0.2, 0.25) is 0 Å². The fourth-order valence-electron chi connectivity index (χ4n) is 5.47. The second kappa shape index (κ2) is 10.0. The zero-order chi connectivity index (χ0) is 25.2. The topological polar surface area (TPSA) is 106 Å². The van der Waals surface area contributed by atoms with Crippen molar-refractivity contribution in [3.63, 3.8) is 0 Å². The first-order valence-electron chi connectivity index (χ1n) is 13.0. The lowest BCUT2D eigenvalue weighted by atomic mass is 9.82. The zero-order valence-corrected chi connectivity index (χ0v) is 20.7. The van der Waals surface area contributed by atoms with Crippen LogP contribution in [0.1, 0.15) is 36.0 Å². The van der Waals surface area contributed by atoms with Gasteiger partial charge < -0.3 is 16.4 Å². The highest BCUT2D eigenvalue weighted by Crippen LogP contribution is 2.30. The number of aromatic nitrogens is 3. The predicted octanol–water partition coefficient (Wildman–Crippen LogP) is 5.56. The molecule has 7 nitrogen and oxygen atoms in total. The summed E-state index contributed by atoms with van der Waals surface area (Å²) in [6.07, 6.45) is 4.39. The van der Waals surface area contributed by atoms with Crippen LogP contribution in [0.25, 0.3) is 32.7 Å². The standard InChI is InChI=1S/C30H30N6O/c31-28-23-9-3-6-12-26(23)35-30(36-28)33-18-20-15-13-19(14-16-20)17-32-29(37)27-21-7-1-4-10-24(21)34-25-11-5-2-8-22(25)27/h1-12,19-20H,13-18H2,(H,32,37)(H3,31,33,35,36). The molecule has 0 saturated heterocycles. The number of para-hydroxylation sites is 3. The molecule has 1 amide bonds. The third kappa shape index (κ3) is 4.77. The van der Waals surface area contributed by atoms with E-state index in [1.54, 1.807) is 0 Å². The number of fused-ring (bicyclic) bond motifs is 3. The number of benzene rings is 3. The molecule has 4 N–H and O–H groups in total. The van der Waals surface area contributed by atoms with Crippen LogP contribution < -0.4 is 16.4 Å². The molecule has 2 heterocycles. The summed E-state index contributed by atoms with van der Waals surface area (Å²) in [5.74, 6) is 2.10. The number of anilines is 2. The minimum atomic E-state index is -0.0235. The number of nitrogens with zero attached hydrogens (tertiary/aromatic N) is 3. The molecule has 0 atom stereocenters. The van der Waals surface area contributed by atoms with Gasteiger partial charge in [-0.3, -0.25) is 4.79 Å². The van der Waals surface area contributed by atoms with E-state index in [9.17, 15) is 4.79 Å². The van der Waals surface area contributed by atoms with Crippen molar-refractivity contribution >= 4 is 50.4 Å². The summed E-state index contributed by atoms with van der Waals surface area (Å²) < 4.78 is 0. The Morgan fingerprint density at radius 1 is 0.703 bits per heavy atom. The fraction of sp³-hybridized carbons (Fsp3) is 0.267. The smallest absolute Gasteiger partial charge is 0.252 e. The number of nitrogens with one attached hydrogen (secondary N) is 2. The highest BCUT2D eigenvalue weighted by Gasteiger charge is 2.23. The molecule has 1 aliphatic rings. The number of hydrogen-bond acceptors (Lipinski definition) is 6. The normalized spacial score (nSPS) is 17.7. The van der Waals surface area contributed by atoms with Crippen molar-refractivity contribution in [2.45, 2.75) is 25.7 Å². The molecule has 5 aromatic rings. The number of nitrogen functional groups attached to an aromatic ring is 1. The van der Waals surface area contributed by atoms with Gasteiger partial charge in [0, 0.05) is 29.2 Å². The molecule has 2 aromatic heterocycles. The number of hydrogen-bond donors (Lipinski definition) is 3. The molecule has 0 bridgehead atoms. The molecule has 0 aliphatic heterocycles. The molecule has 0 spiro atoms. The molecule has 37 heavy (non-hydrogen) atoms. The molecule has 7 heteroatoms. The molecule has 186 valence electrons. The second-order valence-corrected chi connectivity index (χ2v) is 9.95. The van der Waals surface area contributed by atoms with E-state index < -0.39 is 0 Å². The predicted molar refractivity (Wildman–Crippen MR) is 149 cm³/mol. The Bertz CT molecular complexity index is 1540. The van der Waals surface area contributed by atoms with Crippen molar-refractivity contribution in [3.8, 4) is 0 Å². The lowest BCUT2D eigenvalue weighted by Gasteiger charge is -2.29. The van der Waals surface area contributed by atoms with Crippen LogP contribution in [0, 0.1) is 11.8 Å². The van der Waals surface area contributed by atoms with Crippen molar-refractivity contribution in [2.24, 2.45) is 11.8 Å². The van der Waals surface area contributed by atoms with E-state index in [1.165, 1.54) is 0 Å². The van der Waals surface area contributed by atoms with E-state index in [2.05, 4.69) is 20.6 Å². The van der Waals surface area contributed by atoms with Crippen molar-refractivity contribution in [1.29, 1.82) is 0 Å². The third-order valence-corrected chi connectivity index (χ3v) is 7.51. The van der Waals surface area contributed by atoms with E-state index >= 15 is 0 Å². The number of rotatable bonds is 6. The Labute approximate surface area is 215 Å². The summed E-state index contributed by atoms with van der Waals surface area (Å²) in [5, 5.41) is 9.29. The van der Waals surface area contributed by atoms with E-state index in [4.69, 9.17) is 10.7 Å². The number of carbonyl (C=O) groups is 1. The van der Waals surface area contributed by atoms with E-state index in [1.807, 2.05) is 72.8 Å². The Morgan fingerprint density at radius 3 is 1.84 bits per heavy atom. The van der Waals surface area contributed by atoms with Crippen LogP contribution in [-0.2, 0) is 0 Å². The molecule has 0 radical (unpaired) electrons. The summed E-state index contributed by atoms with van der Waals surface area (Å²) in [6, 6.07) is 23.5. The lowest BCUT2D eigenvalue weighted by Crippen LogP contribution is -2.32. The number of pyridine rings is 1. The van der Waals surface area contributed by atoms with Gasteiger partial charge in [0.25, 0.3) is 5.91 Å². The molecular weight excluding hydrogens is 460 g/mol. The largest absolute Gasteiger partial charge is 0.383 e. The Hall–Kier alpha value is -4.26. The highest BCUT2D eigenvalue weighted by molar-refractivity contribution is 6.16. The summed E-state index contributed by atoms with van der Waals surface area (Å²) in [4.78, 5) is 27.2. The number of amides is 1.